The summed E-state index contributed by atoms with van der Waals surface area (Å²) in [6.07, 6.45) is 1.73. The van der Waals surface area contributed by atoms with Crippen LogP contribution in [0.1, 0.15) is 45.9 Å². The van der Waals surface area contributed by atoms with E-state index in [1.54, 1.807) is 18.1 Å². The Labute approximate surface area is 143 Å². The first-order chi connectivity index (χ1) is 11.0. The zero-order valence-electron chi connectivity index (χ0n) is 15.4. The third-order valence-corrected chi connectivity index (χ3v) is 3.42. The monoisotopic (exact) mass is 336 g/mol. The summed E-state index contributed by atoms with van der Waals surface area (Å²) >= 11 is 0. The van der Waals surface area contributed by atoms with Gasteiger partial charge < -0.3 is 9.84 Å². The first-order valence-electron chi connectivity index (χ1n) is 8.08. The molecule has 1 atom stereocenters. The fourth-order valence-corrected chi connectivity index (χ4v) is 2.62. The number of aromatic nitrogens is 1. The largest absolute Gasteiger partial charge is 0.480 e. The maximum Gasteiger partial charge on any atom is 0.321 e. The van der Waals surface area contributed by atoms with Gasteiger partial charge in [-0.3, -0.25) is 19.5 Å². The number of nitrogens with zero attached hydrogens (tertiary/aromatic N) is 2. The van der Waals surface area contributed by atoms with Crippen LogP contribution in [0.3, 0.4) is 0 Å². The van der Waals surface area contributed by atoms with Gasteiger partial charge in [-0.05, 0) is 51.4 Å². The molecule has 1 aromatic rings. The van der Waals surface area contributed by atoms with E-state index in [0.29, 0.717) is 12.2 Å². The van der Waals surface area contributed by atoms with Crippen LogP contribution in [0.2, 0.25) is 0 Å². The fraction of sp³-hybridized carbons (Fsp3) is 0.611. The molecule has 1 heterocycles. The SMILES string of the molecule is CC(C)[C@@H](C(=O)O)N(C)Cc1ccnc(CC(=O)OC(C)(C)C)c1. The molecule has 0 aliphatic heterocycles. The van der Waals surface area contributed by atoms with E-state index in [1.807, 2.05) is 46.8 Å². The molecule has 1 rings (SSSR count). The van der Waals surface area contributed by atoms with Crippen molar-refractivity contribution in [2.75, 3.05) is 7.05 Å². The predicted octanol–water partition coefficient (Wildman–Crippen LogP) is 2.51. The Morgan fingerprint density at radius 2 is 1.96 bits per heavy atom. The van der Waals surface area contributed by atoms with Crippen LogP contribution >= 0.6 is 0 Å². The van der Waals surface area contributed by atoms with Gasteiger partial charge in [-0.25, -0.2) is 0 Å². The second-order valence-electron chi connectivity index (χ2n) is 7.36. The molecule has 0 bridgehead atoms. The zero-order valence-corrected chi connectivity index (χ0v) is 15.4. The van der Waals surface area contributed by atoms with Crippen molar-refractivity contribution >= 4 is 11.9 Å². The Morgan fingerprint density at radius 1 is 1.33 bits per heavy atom. The lowest BCUT2D eigenvalue weighted by atomic mass is 10.0. The quantitative estimate of drug-likeness (QED) is 0.771. The molecule has 0 radical (unpaired) electrons. The Kier molecular flexibility index (Phi) is 6.90. The number of hydrogen-bond acceptors (Lipinski definition) is 5. The van der Waals surface area contributed by atoms with Gasteiger partial charge in [0.2, 0.25) is 0 Å². The van der Waals surface area contributed by atoms with Gasteiger partial charge in [0.1, 0.15) is 11.6 Å². The standard InChI is InChI=1S/C18H28N2O4/c1-12(2)16(17(22)23)20(6)11-13-7-8-19-14(9-13)10-15(21)24-18(3,4)5/h7-9,12,16H,10-11H2,1-6H3,(H,22,23)/t16-/m0/s1. The molecule has 0 aromatic carbocycles. The van der Waals surface area contributed by atoms with Crippen LogP contribution in [0, 0.1) is 5.92 Å². The smallest absolute Gasteiger partial charge is 0.321 e. The summed E-state index contributed by atoms with van der Waals surface area (Å²) in [6, 6.07) is 3.08. The predicted molar refractivity (Wildman–Crippen MR) is 91.5 cm³/mol. The lowest BCUT2D eigenvalue weighted by Crippen LogP contribution is -2.41. The summed E-state index contributed by atoms with van der Waals surface area (Å²) < 4.78 is 5.30. The molecule has 0 aliphatic rings. The summed E-state index contributed by atoms with van der Waals surface area (Å²) in [7, 11) is 1.78. The zero-order chi connectivity index (χ0) is 18.5. The number of carboxylic acids is 1. The highest BCUT2D eigenvalue weighted by Gasteiger charge is 2.26. The van der Waals surface area contributed by atoms with Gasteiger partial charge in [-0.15, -0.1) is 0 Å². The average molecular weight is 336 g/mol. The minimum absolute atomic E-state index is 0.00410. The van der Waals surface area contributed by atoms with E-state index in [1.165, 1.54) is 0 Å². The van der Waals surface area contributed by atoms with E-state index >= 15 is 0 Å². The molecule has 24 heavy (non-hydrogen) atoms. The highest BCUT2D eigenvalue weighted by Crippen LogP contribution is 2.15. The molecule has 0 unspecified atom stereocenters. The number of pyridine rings is 1. The van der Waals surface area contributed by atoms with Gasteiger partial charge in [0.15, 0.2) is 0 Å². The Balaban J connectivity index is 2.78. The van der Waals surface area contributed by atoms with Gasteiger partial charge in [0.25, 0.3) is 0 Å². The molecule has 6 nitrogen and oxygen atoms in total. The van der Waals surface area contributed by atoms with E-state index < -0.39 is 17.6 Å². The molecule has 0 fully saturated rings. The number of rotatable bonds is 7. The lowest BCUT2D eigenvalue weighted by molar-refractivity contribution is -0.154. The van der Waals surface area contributed by atoms with Gasteiger partial charge in [-0.2, -0.15) is 0 Å². The molecule has 0 saturated carbocycles. The van der Waals surface area contributed by atoms with Crippen LogP contribution in [0.15, 0.2) is 18.3 Å². The van der Waals surface area contributed by atoms with Crippen LogP contribution < -0.4 is 0 Å². The molecule has 0 spiro atoms. The first-order valence-corrected chi connectivity index (χ1v) is 8.08. The average Bonchev–Trinajstić information content (AvgIpc) is 2.35. The van der Waals surface area contributed by atoms with Crippen LogP contribution in [-0.4, -0.2) is 45.6 Å². The summed E-state index contributed by atoms with van der Waals surface area (Å²) in [5.74, 6) is -1.17. The van der Waals surface area contributed by atoms with Gasteiger partial charge in [0.05, 0.1) is 12.1 Å². The molecular formula is C18H28N2O4. The van der Waals surface area contributed by atoms with E-state index in [9.17, 15) is 14.7 Å². The van der Waals surface area contributed by atoms with Crippen LogP contribution in [0.5, 0.6) is 0 Å². The number of carboxylic acid groups (broad SMARTS) is 1. The van der Waals surface area contributed by atoms with Gasteiger partial charge in [-0.1, -0.05) is 13.8 Å². The van der Waals surface area contributed by atoms with E-state index in [4.69, 9.17) is 4.74 Å². The Morgan fingerprint density at radius 3 is 2.46 bits per heavy atom. The van der Waals surface area contributed by atoms with Crippen LogP contribution in [-0.2, 0) is 27.3 Å². The maximum absolute atomic E-state index is 11.9. The highest BCUT2D eigenvalue weighted by atomic mass is 16.6. The molecule has 1 aromatic heterocycles. The number of carbonyl (C=O) groups excluding carboxylic acids is 1. The van der Waals surface area contributed by atoms with Crippen molar-refractivity contribution in [1.29, 1.82) is 0 Å². The molecule has 134 valence electrons. The Hall–Kier alpha value is -1.95. The third-order valence-electron chi connectivity index (χ3n) is 3.42. The van der Waals surface area contributed by atoms with Gasteiger partial charge in [0, 0.05) is 12.7 Å². The summed E-state index contributed by atoms with van der Waals surface area (Å²) in [6.45, 7) is 9.70. The van der Waals surface area contributed by atoms with Crippen molar-refractivity contribution < 1.29 is 19.4 Å². The van der Waals surface area contributed by atoms with Crippen molar-refractivity contribution in [2.24, 2.45) is 5.92 Å². The number of likely N-dealkylation sites (N-methyl/N-ethyl adjacent to an activating group) is 1. The Bertz CT molecular complexity index is 579. The maximum atomic E-state index is 11.9. The molecular weight excluding hydrogens is 308 g/mol. The second kappa shape index (κ2) is 8.24. The third kappa shape index (κ3) is 6.66. The second-order valence-corrected chi connectivity index (χ2v) is 7.36. The number of aliphatic carboxylic acids is 1. The number of carbonyl (C=O) groups is 2. The number of esters is 1. The van der Waals surface area contributed by atoms with Crippen LogP contribution in [0.25, 0.3) is 0 Å². The molecule has 6 heteroatoms. The number of hydrogen-bond donors (Lipinski definition) is 1. The van der Waals surface area contributed by atoms with Gasteiger partial charge >= 0.3 is 11.9 Å². The minimum atomic E-state index is -0.837. The molecule has 0 amide bonds. The molecule has 0 saturated heterocycles. The topological polar surface area (TPSA) is 79.7 Å². The minimum Gasteiger partial charge on any atom is -0.480 e. The van der Waals surface area contributed by atoms with E-state index in [2.05, 4.69) is 4.98 Å². The number of ether oxygens (including phenoxy) is 1. The van der Waals surface area contributed by atoms with E-state index in [-0.39, 0.29) is 18.3 Å². The summed E-state index contributed by atoms with van der Waals surface area (Å²) in [4.78, 5) is 29.3. The van der Waals surface area contributed by atoms with E-state index in [0.717, 1.165) is 5.56 Å². The summed E-state index contributed by atoms with van der Waals surface area (Å²) in [5.41, 5.74) is 1.01. The molecule has 1 N–H and O–H groups in total. The lowest BCUT2D eigenvalue weighted by Gasteiger charge is -2.27. The van der Waals surface area contributed by atoms with Crippen molar-refractivity contribution in [3.05, 3.63) is 29.6 Å². The van der Waals surface area contributed by atoms with Crippen molar-refractivity contribution in [3.63, 3.8) is 0 Å². The normalized spacial score (nSPS) is 13.2. The fourth-order valence-electron chi connectivity index (χ4n) is 2.62. The van der Waals surface area contributed by atoms with Crippen molar-refractivity contribution in [1.82, 2.24) is 9.88 Å². The first kappa shape index (κ1) is 20.1. The van der Waals surface area contributed by atoms with Crippen LogP contribution in [0.4, 0.5) is 0 Å². The van der Waals surface area contributed by atoms with Crippen molar-refractivity contribution in [3.8, 4) is 0 Å². The highest BCUT2D eigenvalue weighted by molar-refractivity contribution is 5.74. The summed E-state index contributed by atoms with van der Waals surface area (Å²) in [5, 5.41) is 9.36. The molecule has 0 aliphatic carbocycles. The van der Waals surface area contributed by atoms with Crippen molar-refractivity contribution in [2.45, 2.75) is 59.2 Å².